The van der Waals surface area contributed by atoms with E-state index in [1.54, 1.807) is 0 Å². The van der Waals surface area contributed by atoms with Crippen molar-refractivity contribution in [1.82, 2.24) is 0 Å². The Morgan fingerprint density at radius 1 is 1.13 bits per heavy atom. The van der Waals surface area contributed by atoms with Crippen LogP contribution in [0.25, 0.3) is 0 Å². The first-order valence-corrected chi connectivity index (χ1v) is 5.41. The first-order chi connectivity index (χ1) is 7.06. The lowest BCUT2D eigenvalue weighted by Gasteiger charge is -2.05. The fourth-order valence-electron chi connectivity index (χ4n) is 1.22. The van der Waals surface area contributed by atoms with E-state index in [2.05, 4.69) is 52.7 Å². The third-order valence-electron chi connectivity index (χ3n) is 2.41. The van der Waals surface area contributed by atoms with Crippen molar-refractivity contribution in [2.45, 2.75) is 27.2 Å². The second-order valence-corrected chi connectivity index (χ2v) is 3.81. The molecule has 0 amide bonds. The largest absolute Gasteiger partial charge is 0.0988 e. The Morgan fingerprint density at radius 3 is 2.07 bits per heavy atom. The van der Waals surface area contributed by atoms with E-state index < -0.39 is 0 Å². The highest BCUT2D eigenvalue weighted by Crippen LogP contribution is 2.15. The van der Waals surface area contributed by atoms with Gasteiger partial charge in [0.15, 0.2) is 0 Å². The van der Waals surface area contributed by atoms with Crippen molar-refractivity contribution in [3.05, 3.63) is 60.8 Å². The van der Waals surface area contributed by atoms with Gasteiger partial charge in [-0.2, -0.15) is 0 Å². The van der Waals surface area contributed by atoms with Crippen LogP contribution in [0.2, 0.25) is 0 Å². The van der Waals surface area contributed by atoms with E-state index >= 15 is 0 Å². The second kappa shape index (κ2) is 7.05. The van der Waals surface area contributed by atoms with E-state index in [1.807, 2.05) is 12.2 Å². The molecular formula is C15H22. The van der Waals surface area contributed by atoms with Crippen LogP contribution in [0.5, 0.6) is 0 Å². The number of hydrogen-bond acceptors (Lipinski definition) is 0. The summed E-state index contributed by atoms with van der Waals surface area (Å²) in [6, 6.07) is 0. The molecule has 0 aliphatic carbocycles. The molecule has 0 bridgehead atoms. The Labute approximate surface area is 94.4 Å². The standard InChI is InChI=1S/C15H22/c1-7-13(6)15(9-3)11-10-14(8-2)12(4)5/h8-12H,2-3,6-7H2,1,4-5H3/b14-10+,15-11+. The average Bonchev–Trinajstić information content (AvgIpc) is 2.23. The fourth-order valence-corrected chi connectivity index (χ4v) is 1.22. The second-order valence-electron chi connectivity index (χ2n) is 3.81. The van der Waals surface area contributed by atoms with E-state index in [0.717, 1.165) is 17.6 Å². The molecule has 0 aromatic carbocycles. The summed E-state index contributed by atoms with van der Waals surface area (Å²) in [5, 5.41) is 0. The minimum absolute atomic E-state index is 0.500. The minimum Gasteiger partial charge on any atom is -0.0988 e. The van der Waals surface area contributed by atoms with Gasteiger partial charge in [0.05, 0.1) is 0 Å². The van der Waals surface area contributed by atoms with Crippen LogP contribution in [0.4, 0.5) is 0 Å². The predicted octanol–water partition coefficient (Wildman–Crippen LogP) is 4.83. The normalized spacial score (nSPS) is 12.8. The summed E-state index contributed by atoms with van der Waals surface area (Å²) in [4.78, 5) is 0. The van der Waals surface area contributed by atoms with Gasteiger partial charge in [0.25, 0.3) is 0 Å². The molecule has 0 saturated heterocycles. The van der Waals surface area contributed by atoms with Gasteiger partial charge < -0.3 is 0 Å². The third kappa shape index (κ3) is 4.64. The molecule has 0 saturated carbocycles. The molecule has 0 unspecified atom stereocenters. The van der Waals surface area contributed by atoms with E-state index in [9.17, 15) is 0 Å². The Morgan fingerprint density at radius 2 is 1.73 bits per heavy atom. The predicted molar refractivity (Wildman–Crippen MR) is 70.8 cm³/mol. The number of allylic oxidation sites excluding steroid dienone is 7. The maximum Gasteiger partial charge on any atom is -0.0219 e. The molecule has 0 rings (SSSR count). The van der Waals surface area contributed by atoms with Crippen LogP contribution in [0.3, 0.4) is 0 Å². The molecule has 0 atom stereocenters. The SMILES string of the molecule is C=C/C(=C\C=C(/C=C)C(=C)CC)C(C)C. The number of rotatable bonds is 6. The summed E-state index contributed by atoms with van der Waals surface area (Å²) >= 11 is 0. The molecule has 0 fully saturated rings. The highest BCUT2D eigenvalue weighted by molar-refractivity contribution is 5.40. The summed E-state index contributed by atoms with van der Waals surface area (Å²) in [5.74, 6) is 0.500. The Hall–Kier alpha value is -1.30. The van der Waals surface area contributed by atoms with E-state index in [0.29, 0.717) is 5.92 Å². The lowest BCUT2D eigenvalue weighted by atomic mass is 10.0. The molecule has 0 aliphatic heterocycles. The summed E-state index contributed by atoms with van der Waals surface area (Å²) < 4.78 is 0. The van der Waals surface area contributed by atoms with Crippen molar-refractivity contribution < 1.29 is 0 Å². The molecule has 0 aromatic heterocycles. The molecule has 0 N–H and O–H groups in total. The van der Waals surface area contributed by atoms with Crippen molar-refractivity contribution in [1.29, 1.82) is 0 Å². The van der Waals surface area contributed by atoms with Crippen molar-refractivity contribution in [2.24, 2.45) is 5.92 Å². The van der Waals surface area contributed by atoms with Crippen LogP contribution in [0, 0.1) is 5.92 Å². The lowest BCUT2D eigenvalue weighted by Crippen LogP contribution is -1.89. The van der Waals surface area contributed by atoms with Crippen molar-refractivity contribution >= 4 is 0 Å². The van der Waals surface area contributed by atoms with Gasteiger partial charge in [-0.05, 0) is 29.1 Å². The van der Waals surface area contributed by atoms with Crippen LogP contribution < -0.4 is 0 Å². The minimum atomic E-state index is 0.500. The van der Waals surface area contributed by atoms with Crippen LogP contribution in [0.1, 0.15) is 27.2 Å². The molecule has 0 heterocycles. The van der Waals surface area contributed by atoms with Crippen LogP contribution in [-0.4, -0.2) is 0 Å². The van der Waals surface area contributed by atoms with Crippen LogP contribution in [0.15, 0.2) is 60.8 Å². The maximum atomic E-state index is 4.00. The van der Waals surface area contributed by atoms with Crippen LogP contribution in [-0.2, 0) is 0 Å². The first kappa shape index (κ1) is 13.7. The van der Waals surface area contributed by atoms with E-state index in [4.69, 9.17) is 0 Å². The summed E-state index contributed by atoms with van der Waals surface area (Å²) in [6.07, 6.45) is 8.86. The molecule has 0 heteroatoms. The Kier molecular flexibility index (Phi) is 6.44. The average molecular weight is 202 g/mol. The van der Waals surface area contributed by atoms with Gasteiger partial charge in [0, 0.05) is 0 Å². The van der Waals surface area contributed by atoms with Gasteiger partial charge in [0.1, 0.15) is 0 Å². The summed E-state index contributed by atoms with van der Waals surface area (Å²) in [5.41, 5.74) is 3.46. The molecule has 0 aliphatic rings. The molecule has 0 spiro atoms. The number of hydrogen-bond donors (Lipinski definition) is 0. The zero-order chi connectivity index (χ0) is 11.8. The quantitative estimate of drug-likeness (QED) is 0.541. The molecular weight excluding hydrogens is 180 g/mol. The Balaban J connectivity index is 4.92. The lowest BCUT2D eigenvalue weighted by molar-refractivity contribution is 0.792. The van der Waals surface area contributed by atoms with Gasteiger partial charge in [-0.15, -0.1) is 0 Å². The molecule has 15 heavy (non-hydrogen) atoms. The smallest absolute Gasteiger partial charge is 0.0219 e. The molecule has 0 radical (unpaired) electrons. The summed E-state index contributed by atoms with van der Waals surface area (Å²) in [7, 11) is 0. The van der Waals surface area contributed by atoms with Gasteiger partial charge in [-0.25, -0.2) is 0 Å². The Bertz CT molecular complexity index is 298. The van der Waals surface area contributed by atoms with Gasteiger partial charge in [-0.1, -0.05) is 64.8 Å². The van der Waals surface area contributed by atoms with Crippen molar-refractivity contribution in [2.75, 3.05) is 0 Å². The molecule has 0 nitrogen and oxygen atoms in total. The van der Waals surface area contributed by atoms with Crippen LogP contribution >= 0.6 is 0 Å². The third-order valence-corrected chi connectivity index (χ3v) is 2.41. The summed E-state index contributed by atoms with van der Waals surface area (Å²) in [6.45, 7) is 18.0. The van der Waals surface area contributed by atoms with E-state index in [-0.39, 0.29) is 0 Å². The fraction of sp³-hybridized carbons (Fsp3) is 0.333. The molecule has 0 aromatic rings. The zero-order valence-corrected chi connectivity index (χ0v) is 10.2. The van der Waals surface area contributed by atoms with Crippen molar-refractivity contribution in [3.8, 4) is 0 Å². The van der Waals surface area contributed by atoms with Gasteiger partial charge in [-0.3, -0.25) is 0 Å². The zero-order valence-electron chi connectivity index (χ0n) is 10.2. The first-order valence-electron chi connectivity index (χ1n) is 5.41. The maximum absolute atomic E-state index is 4.00. The van der Waals surface area contributed by atoms with Gasteiger partial charge >= 0.3 is 0 Å². The monoisotopic (exact) mass is 202 g/mol. The topological polar surface area (TPSA) is 0 Å². The van der Waals surface area contributed by atoms with E-state index in [1.165, 1.54) is 5.57 Å². The molecule has 82 valence electrons. The highest BCUT2D eigenvalue weighted by Gasteiger charge is 1.98. The van der Waals surface area contributed by atoms with Crippen molar-refractivity contribution in [3.63, 3.8) is 0 Å². The highest BCUT2D eigenvalue weighted by atomic mass is 14.0. The van der Waals surface area contributed by atoms with Gasteiger partial charge in [0.2, 0.25) is 0 Å².